The standard InChI is InChI=1S/C21H26N6O/c1-3-25(2)19-5-4-8-23-20(19)26-9-11-27(12-10-26)21(28)18-14-15-13-16(22)6-7-17(15)24-18/h4-8,13-14,24H,3,9-12,22H2,1-2H3. The molecule has 1 saturated heterocycles. The van der Waals surface area contributed by atoms with E-state index in [-0.39, 0.29) is 5.91 Å². The fourth-order valence-electron chi connectivity index (χ4n) is 3.66. The van der Waals surface area contributed by atoms with Crippen LogP contribution in [0, 0.1) is 0 Å². The number of aromatic nitrogens is 2. The SMILES string of the molecule is CCN(C)c1cccnc1N1CCN(C(=O)c2cc3cc(N)ccc3[nH]2)CC1. The van der Waals surface area contributed by atoms with Gasteiger partial charge >= 0.3 is 0 Å². The van der Waals surface area contributed by atoms with Crippen LogP contribution in [0.3, 0.4) is 0 Å². The molecule has 1 aromatic carbocycles. The predicted molar refractivity (Wildman–Crippen MR) is 114 cm³/mol. The van der Waals surface area contributed by atoms with Crippen LogP contribution in [-0.2, 0) is 0 Å². The Balaban J connectivity index is 1.47. The summed E-state index contributed by atoms with van der Waals surface area (Å²) in [5.41, 5.74) is 9.20. The Morgan fingerprint density at radius 3 is 2.75 bits per heavy atom. The zero-order chi connectivity index (χ0) is 19.7. The fraction of sp³-hybridized carbons (Fsp3) is 0.333. The molecule has 3 aromatic rings. The largest absolute Gasteiger partial charge is 0.399 e. The smallest absolute Gasteiger partial charge is 0.270 e. The molecule has 0 unspecified atom stereocenters. The number of anilines is 3. The third-order valence-corrected chi connectivity index (χ3v) is 5.39. The first kappa shape index (κ1) is 18.2. The summed E-state index contributed by atoms with van der Waals surface area (Å²) in [4.78, 5) is 27.1. The second kappa shape index (κ2) is 7.42. The van der Waals surface area contributed by atoms with Crippen molar-refractivity contribution in [3.05, 3.63) is 48.3 Å². The Hall–Kier alpha value is -3.22. The second-order valence-electron chi connectivity index (χ2n) is 7.17. The van der Waals surface area contributed by atoms with Gasteiger partial charge < -0.3 is 25.4 Å². The van der Waals surface area contributed by atoms with Crippen molar-refractivity contribution in [2.45, 2.75) is 6.92 Å². The number of nitrogens with zero attached hydrogens (tertiary/aromatic N) is 4. The van der Waals surface area contributed by atoms with Gasteiger partial charge in [-0.1, -0.05) is 0 Å². The number of carbonyl (C=O) groups excluding carboxylic acids is 1. The van der Waals surface area contributed by atoms with Gasteiger partial charge in [0.1, 0.15) is 5.69 Å². The molecule has 1 aliphatic rings. The molecule has 0 bridgehead atoms. The molecule has 0 spiro atoms. The summed E-state index contributed by atoms with van der Waals surface area (Å²) in [6.07, 6.45) is 1.83. The van der Waals surface area contributed by atoms with E-state index in [2.05, 4.69) is 39.8 Å². The van der Waals surface area contributed by atoms with Crippen molar-refractivity contribution in [2.75, 3.05) is 55.3 Å². The number of benzene rings is 1. The Bertz CT molecular complexity index is 989. The molecule has 0 saturated carbocycles. The number of carbonyl (C=O) groups is 1. The highest BCUT2D eigenvalue weighted by Crippen LogP contribution is 2.27. The molecule has 7 nitrogen and oxygen atoms in total. The van der Waals surface area contributed by atoms with Crippen LogP contribution in [0.5, 0.6) is 0 Å². The number of aromatic amines is 1. The lowest BCUT2D eigenvalue weighted by Gasteiger charge is -2.36. The number of pyridine rings is 1. The van der Waals surface area contributed by atoms with Gasteiger partial charge in [0, 0.05) is 62.6 Å². The van der Waals surface area contributed by atoms with Crippen LogP contribution in [0.1, 0.15) is 17.4 Å². The maximum Gasteiger partial charge on any atom is 0.270 e. The molecule has 0 atom stereocenters. The van der Waals surface area contributed by atoms with Crippen molar-refractivity contribution in [3.63, 3.8) is 0 Å². The lowest BCUT2D eigenvalue weighted by Crippen LogP contribution is -2.49. The Morgan fingerprint density at radius 1 is 1.21 bits per heavy atom. The lowest BCUT2D eigenvalue weighted by molar-refractivity contribution is 0.0741. The molecule has 0 radical (unpaired) electrons. The minimum absolute atomic E-state index is 0.0290. The number of nitrogens with one attached hydrogen (secondary N) is 1. The molecule has 7 heteroatoms. The van der Waals surface area contributed by atoms with Gasteiger partial charge in [-0.3, -0.25) is 4.79 Å². The molecule has 1 amide bonds. The first-order valence-electron chi connectivity index (χ1n) is 9.65. The van der Waals surface area contributed by atoms with E-state index in [1.807, 2.05) is 41.4 Å². The maximum absolute atomic E-state index is 12.9. The molecule has 1 aliphatic heterocycles. The lowest BCUT2D eigenvalue weighted by atomic mass is 10.2. The average Bonchev–Trinajstić information content (AvgIpc) is 3.16. The number of piperazine rings is 1. The van der Waals surface area contributed by atoms with Crippen LogP contribution in [0.2, 0.25) is 0 Å². The minimum atomic E-state index is 0.0290. The van der Waals surface area contributed by atoms with Gasteiger partial charge in [0.25, 0.3) is 5.91 Å². The second-order valence-corrected chi connectivity index (χ2v) is 7.17. The molecule has 2 aromatic heterocycles. The molecule has 4 rings (SSSR count). The molecule has 3 N–H and O–H groups in total. The highest BCUT2D eigenvalue weighted by atomic mass is 16.2. The summed E-state index contributed by atoms with van der Waals surface area (Å²) in [6.45, 7) is 5.91. The number of rotatable bonds is 4. The number of nitrogen functional groups attached to an aromatic ring is 1. The normalized spacial score (nSPS) is 14.5. The number of H-pyrrole nitrogens is 1. The van der Waals surface area contributed by atoms with Crippen LogP contribution in [0.4, 0.5) is 17.2 Å². The number of nitrogens with two attached hydrogens (primary N) is 1. The summed E-state index contributed by atoms with van der Waals surface area (Å²) >= 11 is 0. The van der Waals surface area contributed by atoms with E-state index in [0.29, 0.717) is 24.5 Å². The molecule has 28 heavy (non-hydrogen) atoms. The topological polar surface area (TPSA) is 81.5 Å². The van der Waals surface area contributed by atoms with Crippen LogP contribution in [-0.4, -0.2) is 60.5 Å². The van der Waals surface area contributed by atoms with Gasteiger partial charge in [0.15, 0.2) is 5.82 Å². The summed E-state index contributed by atoms with van der Waals surface area (Å²) in [5.74, 6) is 1.02. The van der Waals surface area contributed by atoms with Crippen molar-refractivity contribution in [3.8, 4) is 0 Å². The molecule has 0 aliphatic carbocycles. The zero-order valence-electron chi connectivity index (χ0n) is 16.4. The zero-order valence-corrected chi connectivity index (χ0v) is 16.4. The van der Waals surface area contributed by atoms with Gasteiger partial charge in [0.05, 0.1) is 5.69 Å². The van der Waals surface area contributed by atoms with E-state index in [9.17, 15) is 4.79 Å². The van der Waals surface area contributed by atoms with Crippen molar-refractivity contribution >= 4 is 34.0 Å². The fourth-order valence-corrected chi connectivity index (χ4v) is 3.66. The van der Waals surface area contributed by atoms with Crippen LogP contribution in [0.15, 0.2) is 42.6 Å². The van der Waals surface area contributed by atoms with Gasteiger partial charge in [-0.15, -0.1) is 0 Å². The van der Waals surface area contributed by atoms with Crippen molar-refractivity contribution in [1.82, 2.24) is 14.9 Å². The minimum Gasteiger partial charge on any atom is -0.399 e. The van der Waals surface area contributed by atoms with Gasteiger partial charge in [0.2, 0.25) is 0 Å². The van der Waals surface area contributed by atoms with Crippen molar-refractivity contribution < 1.29 is 4.79 Å². The number of fused-ring (bicyclic) bond motifs is 1. The number of hydrogen-bond donors (Lipinski definition) is 2. The quantitative estimate of drug-likeness (QED) is 0.682. The highest BCUT2D eigenvalue weighted by molar-refractivity contribution is 5.98. The summed E-state index contributed by atoms with van der Waals surface area (Å²) in [6, 6.07) is 11.6. The Morgan fingerprint density at radius 2 is 2.00 bits per heavy atom. The number of hydrogen-bond acceptors (Lipinski definition) is 5. The molecule has 146 valence electrons. The van der Waals surface area contributed by atoms with E-state index in [1.165, 1.54) is 0 Å². The van der Waals surface area contributed by atoms with E-state index in [0.717, 1.165) is 42.0 Å². The first-order valence-corrected chi connectivity index (χ1v) is 9.65. The average molecular weight is 378 g/mol. The van der Waals surface area contributed by atoms with Crippen LogP contribution >= 0.6 is 0 Å². The predicted octanol–water partition coefficient (Wildman–Crippen LogP) is 2.56. The van der Waals surface area contributed by atoms with Crippen molar-refractivity contribution in [2.24, 2.45) is 0 Å². The molecular formula is C21H26N6O. The Labute approximate surface area is 164 Å². The van der Waals surface area contributed by atoms with Gasteiger partial charge in [-0.05, 0) is 43.3 Å². The summed E-state index contributed by atoms with van der Waals surface area (Å²) < 4.78 is 0. The highest BCUT2D eigenvalue weighted by Gasteiger charge is 2.25. The third-order valence-electron chi connectivity index (χ3n) is 5.39. The monoisotopic (exact) mass is 378 g/mol. The van der Waals surface area contributed by atoms with Gasteiger partial charge in [-0.25, -0.2) is 4.98 Å². The maximum atomic E-state index is 12.9. The van der Waals surface area contributed by atoms with E-state index >= 15 is 0 Å². The van der Waals surface area contributed by atoms with E-state index in [1.54, 1.807) is 0 Å². The van der Waals surface area contributed by atoms with Crippen LogP contribution < -0.4 is 15.5 Å². The summed E-state index contributed by atoms with van der Waals surface area (Å²) in [5, 5.41) is 0.961. The molecular weight excluding hydrogens is 352 g/mol. The van der Waals surface area contributed by atoms with Crippen LogP contribution in [0.25, 0.3) is 10.9 Å². The summed E-state index contributed by atoms with van der Waals surface area (Å²) in [7, 11) is 2.07. The first-order chi connectivity index (χ1) is 13.6. The van der Waals surface area contributed by atoms with E-state index in [4.69, 9.17) is 5.73 Å². The van der Waals surface area contributed by atoms with Crippen molar-refractivity contribution in [1.29, 1.82) is 0 Å². The van der Waals surface area contributed by atoms with E-state index < -0.39 is 0 Å². The number of amides is 1. The van der Waals surface area contributed by atoms with Gasteiger partial charge in [-0.2, -0.15) is 0 Å². The molecule has 1 fully saturated rings. The molecule has 3 heterocycles. The third kappa shape index (κ3) is 3.35. The Kier molecular flexibility index (Phi) is 4.81.